The molecule has 18 heavy (non-hydrogen) atoms. The van der Waals surface area contributed by atoms with E-state index < -0.39 is 11.4 Å². The first-order valence-corrected chi connectivity index (χ1v) is 7.36. The molecule has 1 aromatic carbocycles. The molecular formula is C13H19ClN2OS. The van der Waals surface area contributed by atoms with Crippen LogP contribution in [0.2, 0.25) is 5.02 Å². The normalized spacial score (nSPS) is 14.2. The molecule has 0 fully saturated rings. The van der Waals surface area contributed by atoms with Crippen molar-refractivity contribution in [1.82, 2.24) is 0 Å². The summed E-state index contributed by atoms with van der Waals surface area (Å²) in [5.41, 5.74) is 11.3. The van der Waals surface area contributed by atoms with Crippen molar-refractivity contribution in [3.8, 4) is 0 Å². The van der Waals surface area contributed by atoms with E-state index in [0.717, 1.165) is 22.9 Å². The second-order valence-corrected chi connectivity index (χ2v) is 6.11. The lowest BCUT2D eigenvalue weighted by Gasteiger charge is -2.19. The van der Waals surface area contributed by atoms with Crippen molar-refractivity contribution >= 4 is 29.3 Å². The molecule has 100 valence electrons. The fourth-order valence-corrected chi connectivity index (χ4v) is 2.48. The standard InChI is InChI=1S/C13H19ClN2OS/c1-13(16,12(15)17)7-2-8-18-9-10-3-5-11(14)6-4-10/h3-6H,2,7-9,16H2,1H3,(H2,15,17). The zero-order chi connectivity index (χ0) is 13.6. The molecule has 0 aliphatic rings. The van der Waals surface area contributed by atoms with E-state index >= 15 is 0 Å². The van der Waals surface area contributed by atoms with Gasteiger partial charge in [0.1, 0.15) is 0 Å². The fraction of sp³-hybridized carbons (Fsp3) is 0.462. The smallest absolute Gasteiger partial charge is 0.237 e. The topological polar surface area (TPSA) is 69.1 Å². The zero-order valence-electron chi connectivity index (χ0n) is 10.5. The van der Waals surface area contributed by atoms with Gasteiger partial charge in [-0.05, 0) is 43.2 Å². The monoisotopic (exact) mass is 286 g/mol. The van der Waals surface area contributed by atoms with Gasteiger partial charge in [-0.15, -0.1) is 0 Å². The minimum atomic E-state index is -0.888. The Labute approximate surface area is 117 Å². The number of carbonyl (C=O) groups excluding carboxylic acids is 1. The summed E-state index contributed by atoms with van der Waals surface area (Å²) in [4.78, 5) is 11.0. The summed E-state index contributed by atoms with van der Waals surface area (Å²) in [6.45, 7) is 1.68. The molecule has 0 heterocycles. The SMILES string of the molecule is CC(N)(CCCSCc1ccc(Cl)cc1)C(N)=O. The van der Waals surface area contributed by atoms with Crippen LogP contribution in [-0.2, 0) is 10.5 Å². The summed E-state index contributed by atoms with van der Waals surface area (Å²) in [5, 5.41) is 0.754. The number of primary amides is 1. The van der Waals surface area contributed by atoms with Crippen LogP contribution in [0.5, 0.6) is 0 Å². The highest BCUT2D eigenvalue weighted by atomic mass is 35.5. The molecule has 1 unspecified atom stereocenters. The lowest BCUT2D eigenvalue weighted by Crippen LogP contribution is -2.49. The van der Waals surface area contributed by atoms with Crippen molar-refractivity contribution in [1.29, 1.82) is 0 Å². The minimum Gasteiger partial charge on any atom is -0.368 e. The van der Waals surface area contributed by atoms with Gasteiger partial charge in [-0.2, -0.15) is 11.8 Å². The first-order chi connectivity index (χ1) is 8.42. The Morgan fingerprint density at radius 2 is 2.00 bits per heavy atom. The van der Waals surface area contributed by atoms with Crippen LogP contribution >= 0.6 is 23.4 Å². The van der Waals surface area contributed by atoms with Crippen molar-refractivity contribution in [3.05, 3.63) is 34.9 Å². The molecule has 0 saturated carbocycles. The first kappa shape index (κ1) is 15.3. The molecule has 5 heteroatoms. The van der Waals surface area contributed by atoms with Crippen LogP contribution in [0.15, 0.2) is 24.3 Å². The van der Waals surface area contributed by atoms with Gasteiger partial charge < -0.3 is 11.5 Å². The Bertz CT molecular complexity index is 392. The summed E-state index contributed by atoms with van der Waals surface area (Å²) in [6, 6.07) is 7.82. The van der Waals surface area contributed by atoms with E-state index in [2.05, 4.69) is 0 Å². The number of halogens is 1. The number of rotatable bonds is 7. The molecule has 3 nitrogen and oxygen atoms in total. The van der Waals surface area contributed by atoms with Crippen molar-refractivity contribution in [3.63, 3.8) is 0 Å². The van der Waals surface area contributed by atoms with Gasteiger partial charge in [0.05, 0.1) is 5.54 Å². The van der Waals surface area contributed by atoms with Crippen molar-refractivity contribution in [2.24, 2.45) is 11.5 Å². The highest BCUT2D eigenvalue weighted by Gasteiger charge is 2.24. The van der Waals surface area contributed by atoms with Gasteiger partial charge in [0.25, 0.3) is 0 Å². The Morgan fingerprint density at radius 1 is 1.39 bits per heavy atom. The average molecular weight is 287 g/mol. The quantitative estimate of drug-likeness (QED) is 0.757. The van der Waals surface area contributed by atoms with E-state index in [0.29, 0.717) is 6.42 Å². The molecule has 1 amide bonds. The summed E-state index contributed by atoms with van der Waals surface area (Å²) >= 11 is 7.62. The van der Waals surface area contributed by atoms with Gasteiger partial charge in [0.2, 0.25) is 5.91 Å². The molecule has 0 aromatic heterocycles. The Kier molecular flexibility index (Phi) is 5.99. The van der Waals surface area contributed by atoms with Gasteiger partial charge in [0, 0.05) is 10.8 Å². The zero-order valence-corrected chi connectivity index (χ0v) is 12.1. The van der Waals surface area contributed by atoms with E-state index in [1.807, 2.05) is 36.0 Å². The van der Waals surface area contributed by atoms with Crippen molar-refractivity contribution in [2.75, 3.05) is 5.75 Å². The van der Waals surface area contributed by atoms with Crippen LogP contribution in [0.4, 0.5) is 0 Å². The fourth-order valence-electron chi connectivity index (χ4n) is 1.44. The molecular weight excluding hydrogens is 268 g/mol. The highest BCUT2D eigenvalue weighted by molar-refractivity contribution is 7.98. The summed E-state index contributed by atoms with van der Waals surface area (Å²) in [6.07, 6.45) is 1.50. The summed E-state index contributed by atoms with van der Waals surface area (Å²) < 4.78 is 0. The third-order valence-electron chi connectivity index (χ3n) is 2.73. The van der Waals surface area contributed by atoms with Crippen LogP contribution in [0, 0.1) is 0 Å². The van der Waals surface area contributed by atoms with Crippen LogP contribution in [-0.4, -0.2) is 17.2 Å². The van der Waals surface area contributed by atoms with Gasteiger partial charge in [-0.1, -0.05) is 23.7 Å². The molecule has 1 atom stereocenters. The maximum Gasteiger partial charge on any atom is 0.237 e. The van der Waals surface area contributed by atoms with Gasteiger partial charge >= 0.3 is 0 Å². The number of hydrogen-bond acceptors (Lipinski definition) is 3. The largest absolute Gasteiger partial charge is 0.368 e. The number of benzene rings is 1. The lowest BCUT2D eigenvalue weighted by molar-refractivity contribution is -0.122. The highest BCUT2D eigenvalue weighted by Crippen LogP contribution is 2.18. The third kappa shape index (κ3) is 5.29. The molecule has 0 saturated heterocycles. The van der Waals surface area contributed by atoms with Gasteiger partial charge in [-0.3, -0.25) is 4.79 Å². The Hall–Kier alpha value is -0.710. The van der Waals surface area contributed by atoms with Crippen LogP contribution in [0.1, 0.15) is 25.3 Å². The Morgan fingerprint density at radius 3 is 2.56 bits per heavy atom. The number of hydrogen-bond donors (Lipinski definition) is 2. The third-order valence-corrected chi connectivity index (χ3v) is 4.10. The van der Waals surface area contributed by atoms with E-state index in [-0.39, 0.29) is 0 Å². The molecule has 0 spiro atoms. The molecule has 0 bridgehead atoms. The predicted molar refractivity (Wildman–Crippen MR) is 78.6 cm³/mol. The van der Waals surface area contributed by atoms with E-state index in [9.17, 15) is 4.79 Å². The van der Waals surface area contributed by atoms with Gasteiger partial charge in [-0.25, -0.2) is 0 Å². The molecule has 0 aliphatic carbocycles. The molecule has 1 rings (SSSR count). The van der Waals surface area contributed by atoms with Crippen LogP contribution in [0.25, 0.3) is 0 Å². The van der Waals surface area contributed by atoms with E-state index in [4.69, 9.17) is 23.1 Å². The van der Waals surface area contributed by atoms with Gasteiger partial charge in [0.15, 0.2) is 0 Å². The van der Waals surface area contributed by atoms with Crippen molar-refractivity contribution in [2.45, 2.75) is 31.1 Å². The van der Waals surface area contributed by atoms with E-state index in [1.165, 1.54) is 5.56 Å². The molecule has 4 N–H and O–H groups in total. The second kappa shape index (κ2) is 7.02. The average Bonchev–Trinajstić information content (AvgIpc) is 2.31. The summed E-state index contributed by atoms with van der Waals surface area (Å²) in [7, 11) is 0. The minimum absolute atomic E-state index is 0.440. The van der Waals surface area contributed by atoms with Crippen LogP contribution in [0.3, 0.4) is 0 Å². The van der Waals surface area contributed by atoms with Crippen molar-refractivity contribution < 1.29 is 4.79 Å². The molecule has 1 aromatic rings. The number of amides is 1. The van der Waals surface area contributed by atoms with Crippen LogP contribution < -0.4 is 11.5 Å². The number of carbonyl (C=O) groups is 1. The maximum atomic E-state index is 11.0. The number of nitrogens with two attached hydrogens (primary N) is 2. The first-order valence-electron chi connectivity index (χ1n) is 5.83. The summed E-state index contributed by atoms with van der Waals surface area (Å²) in [5.74, 6) is 1.46. The lowest BCUT2D eigenvalue weighted by atomic mass is 9.97. The number of thioether (sulfide) groups is 1. The molecule has 0 radical (unpaired) electrons. The Balaban J connectivity index is 2.20. The second-order valence-electron chi connectivity index (χ2n) is 4.56. The predicted octanol–water partition coefficient (Wildman–Crippen LogP) is 2.56. The van der Waals surface area contributed by atoms with E-state index in [1.54, 1.807) is 6.92 Å². The molecule has 0 aliphatic heterocycles. The maximum absolute atomic E-state index is 11.0.